The first kappa shape index (κ1) is 14.1. The fourth-order valence-corrected chi connectivity index (χ4v) is 2.74. The molecule has 21 heavy (non-hydrogen) atoms. The van der Waals surface area contributed by atoms with Crippen molar-refractivity contribution >= 4 is 22.9 Å². The van der Waals surface area contributed by atoms with Crippen LogP contribution < -0.4 is 10.2 Å². The van der Waals surface area contributed by atoms with Crippen molar-refractivity contribution in [1.82, 2.24) is 19.9 Å². The maximum Gasteiger partial charge on any atom is 0.226 e. The fraction of sp³-hybridized carbons (Fsp3) is 0.643. The number of hydrogen-bond acceptors (Lipinski definition) is 6. The Bertz CT molecular complexity index is 611. The minimum Gasteiger partial charge on any atom is -0.393 e. The highest BCUT2D eigenvalue weighted by Gasteiger charge is 2.28. The van der Waals surface area contributed by atoms with E-state index in [0.717, 1.165) is 43.8 Å². The van der Waals surface area contributed by atoms with Crippen LogP contribution in [-0.4, -0.2) is 50.8 Å². The summed E-state index contributed by atoms with van der Waals surface area (Å²) in [7, 11) is 0. The normalized spacial score (nSPS) is 20.1. The maximum absolute atomic E-state index is 9.77. The number of aliphatic hydroxyl groups excluding tert-OH is 1. The van der Waals surface area contributed by atoms with Gasteiger partial charge in [-0.05, 0) is 19.8 Å². The van der Waals surface area contributed by atoms with Crippen LogP contribution in [0, 0.1) is 5.92 Å². The molecular weight excluding hydrogens is 268 g/mol. The molecule has 0 aliphatic carbocycles. The molecule has 0 spiro atoms. The van der Waals surface area contributed by atoms with Gasteiger partial charge >= 0.3 is 0 Å². The molecule has 2 aromatic heterocycles. The largest absolute Gasteiger partial charge is 0.393 e. The number of hydrogen-bond donors (Lipinski definition) is 3. The van der Waals surface area contributed by atoms with E-state index < -0.39 is 0 Å². The molecule has 1 saturated heterocycles. The summed E-state index contributed by atoms with van der Waals surface area (Å²) in [6.45, 7) is 6.51. The molecule has 7 nitrogen and oxygen atoms in total. The highest BCUT2D eigenvalue weighted by atomic mass is 16.3. The summed E-state index contributed by atoms with van der Waals surface area (Å²) in [6.07, 6.45) is 3.36. The summed E-state index contributed by atoms with van der Waals surface area (Å²) in [5, 5.41) is 13.0. The van der Waals surface area contributed by atoms with Gasteiger partial charge in [0, 0.05) is 25.6 Å². The van der Waals surface area contributed by atoms with Crippen LogP contribution in [-0.2, 0) is 0 Å². The van der Waals surface area contributed by atoms with E-state index in [9.17, 15) is 5.11 Å². The first-order valence-corrected chi connectivity index (χ1v) is 7.57. The summed E-state index contributed by atoms with van der Waals surface area (Å²) in [6, 6.07) is 0. The van der Waals surface area contributed by atoms with Crippen LogP contribution in [0.3, 0.4) is 0 Å². The number of aromatic amines is 1. The molecule has 3 heterocycles. The van der Waals surface area contributed by atoms with E-state index in [4.69, 9.17) is 0 Å². The molecule has 2 unspecified atom stereocenters. The van der Waals surface area contributed by atoms with Crippen LogP contribution in [0.5, 0.6) is 0 Å². The zero-order valence-electron chi connectivity index (χ0n) is 12.5. The van der Waals surface area contributed by atoms with Crippen molar-refractivity contribution in [3.63, 3.8) is 0 Å². The molecule has 1 aliphatic rings. The Hall–Kier alpha value is -1.89. The van der Waals surface area contributed by atoms with Gasteiger partial charge in [0.2, 0.25) is 5.95 Å². The van der Waals surface area contributed by atoms with Crippen molar-refractivity contribution in [3.05, 3.63) is 6.33 Å². The Labute approximate surface area is 123 Å². The van der Waals surface area contributed by atoms with Crippen LogP contribution in [0.15, 0.2) is 6.33 Å². The Morgan fingerprint density at radius 1 is 1.52 bits per heavy atom. The van der Waals surface area contributed by atoms with Gasteiger partial charge < -0.3 is 20.3 Å². The van der Waals surface area contributed by atoms with Gasteiger partial charge in [0.05, 0.1) is 12.4 Å². The van der Waals surface area contributed by atoms with Gasteiger partial charge in [0.15, 0.2) is 11.5 Å². The standard InChI is InChI=1S/C14H22N6O/c1-3-5-15-14-18-12-11(16-8-17-12)13(19-14)20-6-4-10(7-20)9(2)21/h8-10,21H,3-7H2,1-2H3,(H2,15,16,17,18,19). The number of aliphatic hydroxyl groups is 1. The zero-order valence-corrected chi connectivity index (χ0v) is 12.5. The number of nitrogens with zero attached hydrogens (tertiary/aromatic N) is 4. The third-order valence-electron chi connectivity index (χ3n) is 4.01. The second kappa shape index (κ2) is 5.85. The lowest BCUT2D eigenvalue weighted by Gasteiger charge is -2.19. The van der Waals surface area contributed by atoms with Crippen molar-refractivity contribution in [2.75, 3.05) is 29.9 Å². The summed E-state index contributed by atoms with van der Waals surface area (Å²) in [4.78, 5) is 18.6. The zero-order chi connectivity index (χ0) is 14.8. The lowest BCUT2D eigenvalue weighted by molar-refractivity contribution is 0.136. The minimum absolute atomic E-state index is 0.285. The second-order valence-electron chi connectivity index (χ2n) is 5.63. The number of anilines is 2. The minimum atomic E-state index is -0.285. The van der Waals surface area contributed by atoms with E-state index in [0.29, 0.717) is 17.5 Å². The fourth-order valence-electron chi connectivity index (χ4n) is 2.74. The number of H-pyrrole nitrogens is 1. The summed E-state index contributed by atoms with van der Waals surface area (Å²) < 4.78 is 0. The molecule has 2 atom stereocenters. The van der Waals surface area contributed by atoms with Crippen LogP contribution in [0.4, 0.5) is 11.8 Å². The molecule has 1 fully saturated rings. The number of fused-ring (bicyclic) bond motifs is 1. The molecule has 0 bridgehead atoms. The van der Waals surface area contributed by atoms with Crippen molar-refractivity contribution < 1.29 is 5.11 Å². The topological polar surface area (TPSA) is 90.0 Å². The van der Waals surface area contributed by atoms with Gasteiger partial charge in [-0.1, -0.05) is 6.92 Å². The Kier molecular flexibility index (Phi) is 3.92. The van der Waals surface area contributed by atoms with Gasteiger partial charge in [-0.15, -0.1) is 0 Å². The van der Waals surface area contributed by atoms with Gasteiger partial charge in [0.25, 0.3) is 0 Å². The molecular formula is C14H22N6O. The van der Waals surface area contributed by atoms with E-state index >= 15 is 0 Å². The Balaban J connectivity index is 1.91. The number of imidazole rings is 1. The van der Waals surface area contributed by atoms with E-state index in [-0.39, 0.29) is 6.10 Å². The molecule has 114 valence electrons. The average Bonchev–Trinajstić information content (AvgIpc) is 3.12. The Morgan fingerprint density at radius 2 is 2.38 bits per heavy atom. The van der Waals surface area contributed by atoms with Crippen molar-refractivity contribution in [3.8, 4) is 0 Å². The molecule has 0 amide bonds. The van der Waals surface area contributed by atoms with E-state index in [1.54, 1.807) is 6.33 Å². The van der Waals surface area contributed by atoms with Crippen molar-refractivity contribution in [1.29, 1.82) is 0 Å². The van der Waals surface area contributed by atoms with Crippen molar-refractivity contribution in [2.45, 2.75) is 32.8 Å². The van der Waals surface area contributed by atoms with Crippen LogP contribution in [0.2, 0.25) is 0 Å². The predicted octanol–water partition coefficient (Wildman–Crippen LogP) is 1.38. The number of rotatable bonds is 5. The first-order chi connectivity index (χ1) is 10.2. The summed E-state index contributed by atoms with van der Waals surface area (Å²) in [5.74, 6) is 1.79. The van der Waals surface area contributed by atoms with Crippen LogP contribution in [0.1, 0.15) is 26.7 Å². The molecule has 0 aromatic carbocycles. The van der Waals surface area contributed by atoms with Crippen LogP contribution >= 0.6 is 0 Å². The lowest BCUT2D eigenvalue weighted by Crippen LogP contribution is -2.25. The van der Waals surface area contributed by atoms with E-state index in [2.05, 4.69) is 37.1 Å². The maximum atomic E-state index is 9.77. The third-order valence-corrected chi connectivity index (χ3v) is 4.01. The molecule has 1 aliphatic heterocycles. The summed E-state index contributed by atoms with van der Waals surface area (Å²) >= 11 is 0. The molecule has 3 rings (SSSR count). The quantitative estimate of drug-likeness (QED) is 0.771. The van der Waals surface area contributed by atoms with E-state index in [1.165, 1.54) is 0 Å². The lowest BCUT2D eigenvalue weighted by atomic mass is 10.0. The molecule has 7 heteroatoms. The van der Waals surface area contributed by atoms with Gasteiger partial charge in [-0.25, -0.2) is 4.98 Å². The van der Waals surface area contributed by atoms with Gasteiger partial charge in [-0.2, -0.15) is 9.97 Å². The van der Waals surface area contributed by atoms with Gasteiger partial charge in [-0.3, -0.25) is 0 Å². The van der Waals surface area contributed by atoms with Crippen molar-refractivity contribution in [2.24, 2.45) is 5.92 Å². The third kappa shape index (κ3) is 2.78. The number of aromatic nitrogens is 4. The number of nitrogens with one attached hydrogen (secondary N) is 2. The smallest absolute Gasteiger partial charge is 0.226 e. The molecule has 3 N–H and O–H groups in total. The highest BCUT2D eigenvalue weighted by molar-refractivity contribution is 5.84. The highest BCUT2D eigenvalue weighted by Crippen LogP contribution is 2.29. The molecule has 0 radical (unpaired) electrons. The first-order valence-electron chi connectivity index (χ1n) is 7.57. The molecule has 2 aromatic rings. The average molecular weight is 290 g/mol. The van der Waals surface area contributed by atoms with Crippen LogP contribution in [0.25, 0.3) is 11.2 Å². The molecule has 0 saturated carbocycles. The monoisotopic (exact) mass is 290 g/mol. The van der Waals surface area contributed by atoms with Gasteiger partial charge in [0.1, 0.15) is 5.52 Å². The predicted molar refractivity (Wildman–Crippen MR) is 82.5 cm³/mol. The Morgan fingerprint density at radius 3 is 3.10 bits per heavy atom. The SMILES string of the molecule is CCCNc1nc(N2CCC(C(C)O)C2)c2[nH]cnc2n1. The summed E-state index contributed by atoms with van der Waals surface area (Å²) in [5.41, 5.74) is 1.54. The second-order valence-corrected chi connectivity index (χ2v) is 5.63. The van der Waals surface area contributed by atoms with E-state index in [1.807, 2.05) is 6.92 Å².